The van der Waals surface area contributed by atoms with Crippen molar-refractivity contribution in [2.24, 2.45) is 0 Å². The number of fused-ring (bicyclic) bond motifs is 1. The minimum atomic E-state index is -0.0696. The van der Waals surface area contributed by atoms with Crippen LogP contribution in [0.2, 0.25) is 0 Å². The number of benzene rings is 2. The highest BCUT2D eigenvalue weighted by Crippen LogP contribution is 2.14. The summed E-state index contributed by atoms with van der Waals surface area (Å²) in [6.45, 7) is 0.567. The molecule has 5 heteroatoms. The molecule has 0 unspecified atom stereocenters. The molecule has 1 N–H and O–H groups in total. The molecule has 0 radical (unpaired) electrons. The van der Waals surface area contributed by atoms with Crippen molar-refractivity contribution in [2.75, 3.05) is 6.54 Å². The second-order valence-electron chi connectivity index (χ2n) is 5.80. The first-order chi connectivity index (χ1) is 12.3. The van der Waals surface area contributed by atoms with E-state index in [-0.39, 0.29) is 5.91 Å². The first-order valence-corrected chi connectivity index (χ1v) is 8.13. The SMILES string of the molecule is O=C(NCCc1ccc2ncoc2c1)c1ccc(-n2cccc2)cc1. The number of oxazole rings is 1. The molecular formula is C20H17N3O2. The van der Waals surface area contributed by atoms with Crippen LogP contribution >= 0.6 is 0 Å². The highest BCUT2D eigenvalue weighted by atomic mass is 16.3. The molecule has 0 aliphatic carbocycles. The topological polar surface area (TPSA) is 60.1 Å². The number of nitrogens with one attached hydrogen (secondary N) is 1. The fourth-order valence-corrected chi connectivity index (χ4v) is 2.77. The lowest BCUT2D eigenvalue weighted by molar-refractivity contribution is 0.0954. The van der Waals surface area contributed by atoms with Crippen LogP contribution in [0.15, 0.2) is 77.8 Å². The lowest BCUT2D eigenvalue weighted by Crippen LogP contribution is -2.25. The molecule has 25 heavy (non-hydrogen) atoms. The van der Waals surface area contributed by atoms with Crippen LogP contribution in [-0.4, -0.2) is 22.0 Å². The lowest BCUT2D eigenvalue weighted by atomic mass is 10.1. The molecule has 1 amide bonds. The maximum atomic E-state index is 12.3. The van der Waals surface area contributed by atoms with Gasteiger partial charge in [0.05, 0.1) is 0 Å². The van der Waals surface area contributed by atoms with Crippen molar-refractivity contribution in [2.45, 2.75) is 6.42 Å². The van der Waals surface area contributed by atoms with Gasteiger partial charge in [-0.3, -0.25) is 4.79 Å². The fraction of sp³-hybridized carbons (Fsp3) is 0.100. The summed E-state index contributed by atoms with van der Waals surface area (Å²) in [6.07, 6.45) is 6.12. The molecule has 4 rings (SSSR count). The molecule has 0 fully saturated rings. The second-order valence-corrected chi connectivity index (χ2v) is 5.80. The molecule has 2 aromatic heterocycles. The molecule has 2 heterocycles. The Morgan fingerprint density at radius 1 is 1.08 bits per heavy atom. The summed E-state index contributed by atoms with van der Waals surface area (Å²) in [5.41, 5.74) is 4.40. The second kappa shape index (κ2) is 6.65. The van der Waals surface area contributed by atoms with E-state index in [9.17, 15) is 4.79 Å². The van der Waals surface area contributed by atoms with Gasteiger partial charge in [0.15, 0.2) is 12.0 Å². The third-order valence-electron chi connectivity index (χ3n) is 4.13. The van der Waals surface area contributed by atoms with Crippen molar-refractivity contribution < 1.29 is 9.21 Å². The summed E-state index contributed by atoms with van der Waals surface area (Å²) in [5.74, 6) is -0.0696. The molecule has 0 aliphatic heterocycles. The van der Waals surface area contributed by atoms with Gasteiger partial charge in [-0.2, -0.15) is 0 Å². The molecular weight excluding hydrogens is 314 g/mol. The van der Waals surface area contributed by atoms with E-state index in [2.05, 4.69) is 10.3 Å². The first-order valence-electron chi connectivity index (χ1n) is 8.13. The zero-order valence-electron chi connectivity index (χ0n) is 13.6. The van der Waals surface area contributed by atoms with Gasteiger partial charge in [0.1, 0.15) is 5.52 Å². The van der Waals surface area contributed by atoms with Crippen molar-refractivity contribution in [3.63, 3.8) is 0 Å². The van der Waals surface area contributed by atoms with Crippen LogP contribution in [0, 0.1) is 0 Å². The number of nitrogens with zero attached hydrogens (tertiary/aromatic N) is 2. The Morgan fingerprint density at radius 2 is 1.88 bits per heavy atom. The number of rotatable bonds is 5. The average molecular weight is 331 g/mol. The van der Waals surface area contributed by atoms with Crippen LogP contribution < -0.4 is 5.32 Å². The standard InChI is InChI=1S/C20H17N3O2/c24-20(16-4-6-17(7-5-16)23-11-1-2-12-23)21-10-9-15-3-8-18-19(13-15)25-14-22-18/h1-8,11-14H,9-10H2,(H,21,24). The van der Waals surface area contributed by atoms with E-state index in [1.54, 1.807) is 0 Å². The van der Waals surface area contributed by atoms with Crippen molar-refractivity contribution in [1.82, 2.24) is 14.9 Å². The van der Waals surface area contributed by atoms with Crippen molar-refractivity contribution >= 4 is 17.0 Å². The largest absolute Gasteiger partial charge is 0.443 e. The number of hydrogen-bond donors (Lipinski definition) is 1. The van der Waals surface area contributed by atoms with E-state index in [0.29, 0.717) is 12.1 Å². The van der Waals surface area contributed by atoms with E-state index in [0.717, 1.165) is 28.8 Å². The molecule has 0 atom stereocenters. The molecule has 0 spiro atoms. The summed E-state index contributed by atoms with van der Waals surface area (Å²) >= 11 is 0. The monoisotopic (exact) mass is 331 g/mol. The normalized spacial score (nSPS) is 10.9. The van der Waals surface area contributed by atoms with E-state index in [4.69, 9.17) is 4.42 Å². The summed E-state index contributed by atoms with van der Waals surface area (Å²) in [5, 5.41) is 2.95. The van der Waals surface area contributed by atoms with Gasteiger partial charge < -0.3 is 14.3 Å². The number of carbonyl (C=O) groups is 1. The van der Waals surface area contributed by atoms with Gasteiger partial charge in [0, 0.05) is 30.2 Å². The van der Waals surface area contributed by atoms with E-state index < -0.39 is 0 Å². The first kappa shape index (κ1) is 15.2. The van der Waals surface area contributed by atoms with Crippen molar-refractivity contribution in [1.29, 1.82) is 0 Å². The van der Waals surface area contributed by atoms with Crippen LogP contribution in [0.1, 0.15) is 15.9 Å². The highest BCUT2D eigenvalue weighted by molar-refractivity contribution is 5.94. The van der Waals surface area contributed by atoms with Crippen LogP contribution in [-0.2, 0) is 6.42 Å². The third kappa shape index (κ3) is 3.30. The minimum absolute atomic E-state index is 0.0696. The predicted octanol–water partition coefficient (Wildman–Crippen LogP) is 3.59. The van der Waals surface area contributed by atoms with Crippen molar-refractivity contribution in [3.05, 3.63) is 84.5 Å². The number of carbonyl (C=O) groups excluding carboxylic acids is 1. The number of amides is 1. The van der Waals surface area contributed by atoms with Gasteiger partial charge in [-0.1, -0.05) is 6.07 Å². The quantitative estimate of drug-likeness (QED) is 0.608. The Labute approximate surface area is 144 Å². The molecule has 124 valence electrons. The fourth-order valence-electron chi connectivity index (χ4n) is 2.77. The van der Waals surface area contributed by atoms with Crippen LogP contribution in [0.4, 0.5) is 0 Å². The minimum Gasteiger partial charge on any atom is -0.443 e. The molecule has 5 nitrogen and oxygen atoms in total. The van der Waals surface area contributed by atoms with Crippen LogP contribution in [0.25, 0.3) is 16.8 Å². The summed E-state index contributed by atoms with van der Waals surface area (Å²) < 4.78 is 7.30. The van der Waals surface area contributed by atoms with E-state index in [1.807, 2.05) is 71.6 Å². The van der Waals surface area contributed by atoms with Crippen LogP contribution in [0.3, 0.4) is 0 Å². The smallest absolute Gasteiger partial charge is 0.251 e. The molecule has 0 saturated carbocycles. The number of aromatic nitrogens is 2. The molecule has 4 aromatic rings. The Kier molecular flexibility index (Phi) is 4.04. The highest BCUT2D eigenvalue weighted by Gasteiger charge is 2.06. The van der Waals surface area contributed by atoms with Gasteiger partial charge in [-0.15, -0.1) is 0 Å². The summed E-state index contributed by atoms with van der Waals surface area (Å²) in [6, 6.07) is 17.4. The zero-order chi connectivity index (χ0) is 17.1. The van der Waals surface area contributed by atoms with Gasteiger partial charge in [-0.25, -0.2) is 4.98 Å². The Balaban J connectivity index is 1.35. The molecule has 0 bridgehead atoms. The third-order valence-corrected chi connectivity index (χ3v) is 4.13. The number of hydrogen-bond acceptors (Lipinski definition) is 3. The maximum absolute atomic E-state index is 12.3. The van der Waals surface area contributed by atoms with Gasteiger partial charge in [0.25, 0.3) is 5.91 Å². The summed E-state index contributed by atoms with van der Waals surface area (Å²) in [4.78, 5) is 16.4. The molecule has 2 aromatic carbocycles. The Morgan fingerprint density at radius 3 is 2.68 bits per heavy atom. The average Bonchev–Trinajstić information content (AvgIpc) is 3.33. The Hall–Kier alpha value is -3.34. The van der Waals surface area contributed by atoms with Crippen LogP contribution in [0.5, 0.6) is 0 Å². The van der Waals surface area contributed by atoms with Crippen molar-refractivity contribution in [3.8, 4) is 5.69 Å². The zero-order valence-corrected chi connectivity index (χ0v) is 13.6. The van der Waals surface area contributed by atoms with Gasteiger partial charge in [0.2, 0.25) is 0 Å². The predicted molar refractivity (Wildman–Crippen MR) is 95.8 cm³/mol. The Bertz CT molecular complexity index is 985. The van der Waals surface area contributed by atoms with E-state index >= 15 is 0 Å². The summed E-state index contributed by atoms with van der Waals surface area (Å²) in [7, 11) is 0. The van der Waals surface area contributed by atoms with E-state index in [1.165, 1.54) is 6.39 Å². The molecule has 0 aliphatic rings. The maximum Gasteiger partial charge on any atom is 0.251 e. The lowest BCUT2D eigenvalue weighted by Gasteiger charge is -2.07. The van der Waals surface area contributed by atoms with Gasteiger partial charge >= 0.3 is 0 Å². The molecule has 0 saturated heterocycles. The van der Waals surface area contributed by atoms with Gasteiger partial charge in [-0.05, 0) is 60.5 Å².